The first-order valence-electron chi connectivity index (χ1n) is 6.43. The zero-order valence-corrected chi connectivity index (χ0v) is 10.2. The molecule has 1 unspecified atom stereocenters. The average Bonchev–Trinajstić information content (AvgIpc) is 2.38. The zero-order valence-electron chi connectivity index (χ0n) is 10.2. The van der Waals surface area contributed by atoms with Crippen LogP contribution in [-0.2, 0) is 4.79 Å². The molecule has 0 heterocycles. The Labute approximate surface area is 105 Å². The molecule has 0 bridgehead atoms. The van der Waals surface area contributed by atoms with Crippen LogP contribution in [0.3, 0.4) is 0 Å². The summed E-state index contributed by atoms with van der Waals surface area (Å²) in [6, 6.07) is 0. The molecule has 0 saturated carbocycles. The predicted octanol–water partition coefficient (Wildman–Crippen LogP) is 4.20. The molecule has 0 fully saturated rings. The molecule has 2 rings (SSSR count). The van der Waals surface area contributed by atoms with Gasteiger partial charge < -0.3 is 0 Å². The SMILES string of the molecule is O=C(C1=CCC[C@@H](C(F)(F)F)C1)C1CC=CCC1. The lowest BCUT2D eigenvalue weighted by Gasteiger charge is -2.26. The fraction of sp³-hybridized carbons (Fsp3) is 0.643. The van der Waals surface area contributed by atoms with Crippen LogP contribution in [-0.4, -0.2) is 12.0 Å². The van der Waals surface area contributed by atoms with Crippen LogP contribution < -0.4 is 0 Å². The van der Waals surface area contributed by atoms with Crippen LogP contribution in [0.2, 0.25) is 0 Å². The van der Waals surface area contributed by atoms with Gasteiger partial charge in [0.05, 0.1) is 5.92 Å². The molecule has 2 aliphatic rings. The Hall–Kier alpha value is -1.06. The van der Waals surface area contributed by atoms with E-state index in [0.717, 1.165) is 12.8 Å². The van der Waals surface area contributed by atoms with Crippen LogP contribution in [0, 0.1) is 11.8 Å². The van der Waals surface area contributed by atoms with Gasteiger partial charge in [-0.2, -0.15) is 13.2 Å². The first kappa shape index (κ1) is 13.4. The number of allylic oxidation sites excluding steroid dienone is 4. The van der Waals surface area contributed by atoms with Gasteiger partial charge >= 0.3 is 6.18 Å². The van der Waals surface area contributed by atoms with Crippen molar-refractivity contribution in [3.8, 4) is 0 Å². The molecule has 0 amide bonds. The largest absolute Gasteiger partial charge is 0.392 e. The van der Waals surface area contributed by atoms with Gasteiger partial charge in [-0.25, -0.2) is 0 Å². The van der Waals surface area contributed by atoms with Gasteiger partial charge in [-0.1, -0.05) is 18.2 Å². The Morgan fingerprint density at radius 2 is 1.94 bits per heavy atom. The maximum atomic E-state index is 12.7. The quantitative estimate of drug-likeness (QED) is 0.678. The highest BCUT2D eigenvalue weighted by molar-refractivity contribution is 5.97. The highest BCUT2D eigenvalue weighted by Gasteiger charge is 2.41. The molecule has 0 aromatic carbocycles. The van der Waals surface area contributed by atoms with Crippen molar-refractivity contribution < 1.29 is 18.0 Å². The van der Waals surface area contributed by atoms with Gasteiger partial charge in [-0.15, -0.1) is 0 Å². The topological polar surface area (TPSA) is 17.1 Å². The highest BCUT2D eigenvalue weighted by atomic mass is 19.4. The van der Waals surface area contributed by atoms with Crippen molar-refractivity contribution >= 4 is 5.78 Å². The Kier molecular flexibility index (Phi) is 3.93. The third kappa shape index (κ3) is 3.03. The lowest BCUT2D eigenvalue weighted by molar-refractivity contribution is -0.176. The minimum Gasteiger partial charge on any atom is -0.294 e. The Bertz CT molecular complexity index is 379. The van der Waals surface area contributed by atoms with E-state index < -0.39 is 12.1 Å². The van der Waals surface area contributed by atoms with E-state index in [2.05, 4.69) is 0 Å². The fourth-order valence-electron chi connectivity index (χ4n) is 2.68. The summed E-state index contributed by atoms with van der Waals surface area (Å²) >= 11 is 0. The van der Waals surface area contributed by atoms with Gasteiger partial charge in [0.2, 0.25) is 0 Å². The molecule has 2 atom stereocenters. The molecule has 0 saturated heterocycles. The number of hydrogen-bond acceptors (Lipinski definition) is 1. The number of halogens is 3. The molecule has 4 heteroatoms. The van der Waals surface area contributed by atoms with E-state index in [4.69, 9.17) is 0 Å². The monoisotopic (exact) mass is 258 g/mol. The Balaban J connectivity index is 2.02. The van der Waals surface area contributed by atoms with Gasteiger partial charge in [0.1, 0.15) is 0 Å². The van der Waals surface area contributed by atoms with E-state index >= 15 is 0 Å². The van der Waals surface area contributed by atoms with Crippen molar-refractivity contribution in [1.82, 2.24) is 0 Å². The number of Topliss-reactive ketones (excluding diaryl/α,β-unsaturated/α-hetero) is 1. The highest BCUT2D eigenvalue weighted by Crippen LogP contribution is 2.39. The summed E-state index contributed by atoms with van der Waals surface area (Å²) in [4.78, 5) is 12.2. The van der Waals surface area contributed by atoms with Gasteiger partial charge in [-0.3, -0.25) is 4.79 Å². The number of rotatable bonds is 2. The molecule has 0 aliphatic heterocycles. The summed E-state index contributed by atoms with van der Waals surface area (Å²) in [7, 11) is 0. The normalized spacial score (nSPS) is 28.9. The average molecular weight is 258 g/mol. The van der Waals surface area contributed by atoms with Crippen LogP contribution in [0.1, 0.15) is 38.5 Å². The lowest BCUT2D eigenvalue weighted by atomic mass is 9.80. The van der Waals surface area contributed by atoms with Crippen LogP contribution >= 0.6 is 0 Å². The summed E-state index contributed by atoms with van der Waals surface area (Å²) in [6.07, 6.45) is 4.17. The maximum absolute atomic E-state index is 12.7. The maximum Gasteiger partial charge on any atom is 0.392 e. The number of carbonyl (C=O) groups is 1. The van der Waals surface area contributed by atoms with Crippen molar-refractivity contribution in [2.45, 2.75) is 44.7 Å². The third-order valence-electron chi connectivity index (χ3n) is 3.79. The lowest BCUT2D eigenvalue weighted by Crippen LogP contribution is -2.28. The summed E-state index contributed by atoms with van der Waals surface area (Å²) in [6.45, 7) is 0. The zero-order chi connectivity index (χ0) is 13.2. The molecule has 0 spiro atoms. The first-order chi connectivity index (χ1) is 8.48. The molecule has 0 radical (unpaired) electrons. The van der Waals surface area contributed by atoms with E-state index in [-0.39, 0.29) is 24.5 Å². The second kappa shape index (κ2) is 5.29. The molecule has 100 valence electrons. The molecule has 0 N–H and O–H groups in total. The fourth-order valence-corrected chi connectivity index (χ4v) is 2.68. The summed E-state index contributed by atoms with van der Waals surface area (Å²) < 4.78 is 38.0. The van der Waals surface area contributed by atoms with E-state index in [0.29, 0.717) is 18.4 Å². The van der Waals surface area contributed by atoms with Crippen molar-refractivity contribution in [2.24, 2.45) is 11.8 Å². The number of hydrogen-bond donors (Lipinski definition) is 0. The molecule has 0 aromatic heterocycles. The van der Waals surface area contributed by atoms with Crippen molar-refractivity contribution in [2.75, 3.05) is 0 Å². The van der Waals surface area contributed by atoms with E-state index in [9.17, 15) is 18.0 Å². The third-order valence-corrected chi connectivity index (χ3v) is 3.79. The van der Waals surface area contributed by atoms with Crippen molar-refractivity contribution in [3.63, 3.8) is 0 Å². The molecular formula is C14H17F3O. The van der Waals surface area contributed by atoms with Gasteiger partial charge in [0, 0.05) is 5.92 Å². The first-order valence-corrected chi connectivity index (χ1v) is 6.43. The van der Waals surface area contributed by atoms with E-state index in [1.54, 1.807) is 6.08 Å². The van der Waals surface area contributed by atoms with Crippen LogP contribution in [0.4, 0.5) is 13.2 Å². The second-order valence-electron chi connectivity index (χ2n) is 5.10. The molecule has 1 nitrogen and oxygen atoms in total. The number of ketones is 1. The summed E-state index contributed by atoms with van der Waals surface area (Å²) in [5.74, 6) is -1.50. The summed E-state index contributed by atoms with van der Waals surface area (Å²) in [5, 5.41) is 0. The van der Waals surface area contributed by atoms with Crippen LogP contribution in [0.25, 0.3) is 0 Å². The number of alkyl halides is 3. The van der Waals surface area contributed by atoms with Gasteiger partial charge in [0.15, 0.2) is 5.78 Å². The van der Waals surface area contributed by atoms with E-state index in [1.807, 2.05) is 12.2 Å². The standard InChI is InChI=1S/C14H17F3O/c15-14(16,17)12-8-4-7-11(9-12)13(18)10-5-2-1-3-6-10/h1-2,7,10,12H,3-6,8-9H2/t10?,12-/m1/s1. The van der Waals surface area contributed by atoms with Crippen LogP contribution in [0.5, 0.6) is 0 Å². The second-order valence-corrected chi connectivity index (χ2v) is 5.10. The Morgan fingerprint density at radius 3 is 2.56 bits per heavy atom. The van der Waals surface area contributed by atoms with Gasteiger partial charge in [-0.05, 0) is 44.1 Å². The van der Waals surface area contributed by atoms with Crippen molar-refractivity contribution in [1.29, 1.82) is 0 Å². The molecule has 18 heavy (non-hydrogen) atoms. The van der Waals surface area contributed by atoms with Gasteiger partial charge in [0.25, 0.3) is 0 Å². The van der Waals surface area contributed by atoms with Crippen molar-refractivity contribution in [3.05, 3.63) is 23.8 Å². The molecule has 0 aromatic rings. The minimum absolute atomic E-state index is 0.0618. The smallest absolute Gasteiger partial charge is 0.294 e. The summed E-state index contributed by atoms with van der Waals surface area (Å²) in [5.41, 5.74) is 0.406. The minimum atomic E-state index is -4.17. The molecule has 2 aliphatic carbocycles. The predicted molar refractivity (Wildman–Crippen MR) is 63.0 cm³/mol. The molecular weight excluding hydrogens is 241 g/mol. The van der Waals surface area contributed by atoms with Crippen LogP contribution in [0.15, 0.2) is 23.8 Å². The van der Waals surface area contributed by atoms with E-state index in [1.165, 1.54) is 0 Å². The Morgan fingerprint density at radius 1 is 1.17 bits per heavy atom. The number of carbonyl (C=O) groups excluding carboxylic acids is 1.